The van der Waals surface area contributed by atoms with E-state index in [1.165, 1.54) is 26.2 Å². The van der Waals surface area contributed by atoms with Crippen molar-refractivity contribution in [1.82, 2.24) is 0 Å². The molecular weight excluding hydrogens is 172 g/mol. The Balaban J connectivity index is 2.90. The molecule has 2 N–H and O–H groups in total. The number of carbonyl (C=O) groups is 1. The van der Waals surface area contributed by atoms with Crippen LogP contribution in [0.15, 0.2) is 22.8 Å². The normalized spacial score (nSPS) is 17.8. The van der Waals surface area contributed by atoms with E-state index >= 15 is 0 Å². The number of rotatable bonds is 3. The van der Waals surface area contributed by atoms with Gasteiger partial charge in [0.2, 0.25) is 0 Å². The maximum absolute atomic E-state index is 11.0. The second kappa shape index (κ2) is 3.32. The van der Waals surface area contributed by atoms with Crippen molar-refractivity contribution in [2.45, 2.75) is 25.6 Å². The van der Waals surface area contributed by atoms with Gasteiger partial charge in [-0.05, 0) is 26.0 Å². The van der Waals surface area contributed by atoms with Gasteiger partial charge < -0.3 is 14.6 Å². The second-order valence-electron chi connectivity index (χ2n) is 3.12. The molecule has 0 saturated carbocycles. The van der Waals surface area contributed by atoms with Crippen molar-refractivity contribution in [3.8, 4) is 0 Å². The number of ketones is 1. The van der Waals surface area contributed by atoms with Crippen LogP contribution < -0.4 is 0 Å². The average Bonchev–Trinajstić information content (AvgIpc) is 2.54. The summed E-state index contributed by atoms with van der Waals surface area (Å²) in [5, 5.41) is 19.1. The van der Waals surface area contributed by atoms with Crippen molar-refractivity contribution in [2.75, 3.05) is 0 Å². The molecule has 0 saturated heterocycles. The monoisotopic (exact) mass is 184 g/mol. The summed E-state index contributed by atoms with van der Waals surface area (Å²) in [5.41, 5.74) is -1.79. The molecule has 2 atom stereocenters. The summed E-state index contributed by atoms with van der Waals surface area (Å²) >= 11 is 0. The van der Waals surface area contributed by atoms with Gasteiger partial charge in [0.1, 0.15) is 11.9 Å². The molecule has 0 aliphatic rings. The first-order valence-electron chi connectivity index (χ1n) is 3.91. The molecule has 1 heterocycles. The van der Waals surface area contributed by atoms with E-state index in [0.717, 1.165) is 0 Å². The lowest BCUT2D eigenvalue weighted by molar-refractivity contribution is -0.147. The lowest BCUT2D eigenvalue weighted by atomic mass is 9.93. The molecule has 1 rings (SSSR count). The van der Waals surface area contributed by atoms with Crippen LogP contribution in [0.4, 0.5) is 0 Å². The Morgan fingerprint density at radius 2 is 2.31 bits per heavy atom. The summed E-state index contributed by atoms with van der Waals surface area (Å²) in [7, 11) is 0. The standard InChI is InChI=1S/C9H12O4/c1-6(10)9(2,12)8(11)7-4-3-5-13-7/h3-5,8,11-12H,1-2H3/t8-,9+/m1/s1. The molecular formula is C9H12O4. The predicted octanol–water partition coefficient (Wildman–Crippen LogP) is 0.653. The molecule has 0 radical (unpaired) electrons. The third kappa shape index (κ3) is 1.79. The fourth-order valence-electron chi connectivity index (χ4n) is 0.916. The molecule has 0 bridgehead atoms. The van der Waals surface area contributed by atoms with Gasteiger partial charge in [-0.3, -0.25) is 4.79 Å². The maximum atomic E-state index is 11.0. The van der Waals surface area contributed by atoms with Crippen LogP contribution in [0.1, 0.15) is 25.7 Å². The number of carbonyl (C=O) groups excluding carboxylic acids is 1. The molecule has 1 aromatic rings. The van der Waals surface area contributed by atoms with E-state index in [2.05, 4.69) is 0 Å². The SMILES string of the molecule is CC(=O)[C@](C)(O)[C@H](O)c1ccco1. The van der Waals surface area contributed by atoms with Crippen LogP contribution in [0.2, 0.25) is 0 Å². The molecule has 0 aliphatic heterocycles. The minimum Gasteiger partial charge on any atom is -0.466 e. The first kappa shape index (κ1) is 9.95. The van der Waals surface area contributed by atoms with Crippen molar-refractivity contribution in [2.24, 2.45) is 0 Å². The topological polar surface area (TPSA) is 70.7 Å². The van der Waals surface area contributed by atoms with Crippen LogP contribution in [-0.4, -0.2) is 21.6 Å². The van der Waals surface area contributed by atoms with E-state index in [1.54, 1.807) is 6.07 Å². The highest BCUT2D eigenvalue weighted by atomic mass is 16.4. The molecule has 4 nitrogen and oxygen atoms in total. The van der Waals surface area contributed by atoms with Crippen LogP contribution in [0.3, 0.4) is 0 Å². The fourth-order valence-corrected chi connectivity index (χ4v) is 0.916. The first-order chi connectivity index (χ1) is 5.96. The molecule has 0 spiro atoms. The lowest BCUT2D eigenvalue weighted by Crippen LogP contribution is -2.39. The van der Waals surface area contributed by atoms with Crippen molar-refractivity contribution in [3.05, 3.63) is 24.2 Å². The van der Waals surface area contributed by atoms with Crippen LogP contribution in [0.25, 0.3) is 0 Å². The van der Waals surface area contributed by atoms with E-state index in [4.69, 9.17) is 4.42 Å². The van der Waals surface area contributed by atoms with Gasteiger partial charge in [-0.1, -0.05) is 0 Å². The van der Waals surface area contributed by atoms with Gasteiger partial charge in [0, 0.05) is 0 Å². The molecule has 72 valence electrons. The Hall–Kier alpha value is -1.13. The zero-order chi connectivity index (χ0) is 10.1. The number of aliphatic hydroxyl groups is 2. The zero-order valence-corrected chi connectivity index (χ0v) is 7.52. The summed E-state index contributed by atoms with van der Waals surface area (Å²) in [4.78, 5) is 11.0. The van der Waals surface area contributed by atoms with Gasteiger partial charge in [-0.2, -0.15) is 0 Å². The Morgan fingerprint density at radius 1 is 1.69 bits per heavy atom. The van der Waals surface area contributed by atoms with Gasteiger partial charge in [0.15, 0.2) is 11.4 Å². The average molecular weight is 184 g/mol. The number of aliphatic hydroxyl groups excluding tert-OH is 1. The van der Waals surface area contributed by atoms with Crippen LogP contribution in [0.5, 0.6) is 0 Å². The molecule has 1 aromatic heterocycles. The minimum absolute atomic E-state index is 0.181. The van der Waals surface area contributed by atoms with Gasteiger partial charge in [-0.25, -0.2) is 0 Å². The summed E-state index contributed by atoms with van der Waals surface area (Å²) in [6.45, 7) is 2.47. The molecule has 0 aromatic carbocycles. The lowest BCUT2D eigenvalue weighted by Gasteiger charge is -2.24. The highest BCUT2D eigenvalue weighted by molar-refractivity contribution is 5.84. The second-order valence-corrected chi connectivity index (χ2v) is 3.12. The summed E-state index contributed by atoms with van der Waals surface area (Å²) in [6.07, 6.45) is 0.0504. The zero-order valence-electron chi connectivity index (χ0n) is 7.52. The number of Topliss-reactive ketones (excluding diaryl/α,β-unsaturated/α-hetero) is 1. The van der Waals surface area contributed by atoms with Crippen LogP contribution >= 0.6 is 0 Å². The molecule has 0 aliphatic carbocycles. The Bertz CT molecular complexity index is 287. The van der Waals surface area contributed by atoms with Crippen molar-refractivity contribution in [3.63, 3.8) is 0 Å². The first-order valence-corrected chi connectivity index (χ1v) is 3.91. The highest BCUT2D eigenvalue weighted by Crippen LogP contribution is 2.26. The van der Waals surface area contributed by atoms with E-state index in [9.17, 15) is 15.0 Å². The fraction of sp³-hybridized carbons (Fsp3) is 0.444. The van der Waals surface area contributed by atoms with Gasteiger partial charge >= 0.3 is 0 Å². The Morgan fingerprint density at radius 3 is 2.69 bits per heavy atom. The van der Waals surface area contributed by atoms with Gasteiger partial charge in [0.05, 0.1) is 6.26 Å². The van der Waals surface area contributed by atoms with E-state index < -0.39 is 17.5 Å². The van der Waals surface area contributed by atoms with E-state index in [-0.39, 0.29) is 5.76 Å². The maximum Gasteiger partial charge on any atom is 0.164 e. The summed E-state index contributed by atoms with van der Waals surface area (Å²) in [5.74, 6) is -0.323. The van der Waals surface area contributed by atoms with Crippen LogP contribution in [0, 0.1) is 0 Å². The third-order valence-corrected chi connectivity index (χ3v) is 2.06. The molecule has 0 unspecified atom stereocenters. The van der Waals surface area contributed by atoms with Crippen molar-refractivity contribution < 1.29 is 19.4 Å². The van der Waals surface area contributed by atoms with Gasteiger partial charge in [0.25, 0.3) is 0 Å². The largest absolute Gasteiger partial charge is 0.466 e. The predicted molar refractivity (Wildman–Crippen MR) is 45.0 cm³/mol. The third-order valence-electron chi connectivity index (χ3n) is 2.06. The molecule has 0 fully saturated rings. The van der Waals surface area contributed by atoms with Crippen molar-refractivity contribution >= 4 is 5.78 Å². The Kier molecular flexibility index (Phi) is 2.54. The molecule has 0 amide bonds. The minimum atomic E-state index is -1.79. The quantitative estimate of drug-likeness (QED) is 0.723. The molecule has 4 heteroatoms. The number of hydrogen-bond acceptors (Lipinski definition) is 4. The summed E-state index contributed by atoms with van der Waals surface area (Å²) < 4.78 is 4.87. The van der Waals surface area contributed by atoms with E-state index in [1.807, 2.05) is 0 Å². The van der Waals surface area contributed by atoms with Crippen LogP contribution in [-0.2, 0) is 4.79 Å². The smallest absolute Gasteiger partial charge is 0.164 e. The highest BCUT2D eigenvalue weighted by Gasteiger charge is 2.37. The molecule has 13 heavy (non-hydrogen) atoms. The van der Waals surface area contributed by atoms with Crippen molar-refractivity contribution in [1.29, 1.82) is 0 Å². The van der Waals surface area contributed by atoms with Gasteiger partial charge in [-0.15, -0.1) is 0 Å². The number of furan rings is 1. The number of hydrogen-bond donors (Lipinski definition) is 2. The summed E-state index contributed by atoms with van der Waals surface area (Å²) in [6, 6.07) is 3.08. The Labute approximate surface area is 75.8 Å². The van der Waals surface area contributed by atoms with E-state index in [0.29, 0.717) is 0 Å².